The summed E-state index contributed by atoms with van der Waals surface area (Å²) < 4.78 is 72.7. The zero-order valence-corrected chi connectivity index (χ0v) is 40.2. The summed E-state index contributed by atoms with van der Waals surface area (Å²) in [6, 6.07) is 23.4. The molecule has 21 heteroatoms. The summed E-state index contributed by atoms with van der Waals surface area (Å²) in [7, 11) is -7.24. The molecule has 4 aromatic carbocycles. The van der Waals surface area contributed by atoms with Gasteiger partial charge in [-0.05, 0) is 105 Å². The number of carbonyl (C=O) groups excluding carboxylic acids is 1. The fourth-order valence-corrected chi connectivity index (χ4v) is 12.8. The Morgan fingerprint density at radius 1 is 0.688 bits per heavy atom. The number of sulfonamides is 2. The molecule has 0 spiro atoms. The first kappa shape index (κ1) is 46.4. The minimum absolute atomic E-state index is 0.0791. The molecule has 15 nitrogen and oxygen atoms in total. The number of ether oxygens (including phenoxy) is 1. The third-order valence-electron chi connectivity index (χ3n) is 11.3. The van der Waals surface area contributed by atoms with Gasteiger partial charge in [0, 0.05) is 85.9 Å². The molecule has 3 aliphatic rings. The number of amides is 1. The summed E-state index contributed by atoms with van der Waals surface area (Å²) in [5, 5.41) is 14.6. The van der Waals surface area contributed by atoms with Crippen molar-refractivity contribution >= 4 is 120 Å². The molecule has 2 aromatic heterocycles. The summed E-state index contributed by atoms with van der Waals surface area (Å²) in [5.41, 5.74) is 2.82. The number of nitrogens with one attached hydrogen (secondary N) is 1. The third kappa shape index (κ3) is 9.69. The van der Waals surface area contributed by atoms with Crippen molar-refractivity contribution in [1.29, 1.82) is 0 Å². The number of piperidine rings is 1. The monoisotopic (exact) mass is 1080 g/mol. The van der Waals surface area contributed by atoms with Gasteiger partial charge >= 0.3 is 5.97 Å². The Bertz CT molecular complexity index is 2950. The van der Waals surface area contributed by atoms with Gasteiger partial charge in [-0.2, -0.15) is 8.61 Å². The predicted octanol–water partition coefficient (Wildman–Crippen LogP) is 8.64. The number of carboxylic acids is 1. The van der Waals surface area contributed by atoms with Crippen molar-refractivity contribution in [2.45, 2.75) is 28.7 Å². The van der Waals surface area contributed by atoms with Crippen molar-refractivity contribution in [2.24, 2.45) is 0 Å². The molecule has 6 aromatic rings. The molecule has 3 saturated heterocycles. The molecule has 0 atom stereocenters. The molecule has 1 amide bonds. The topological polar surface area (TPSA) is 183 Å². The lowest BCUT2D eigenvalue weighted by atomic mass is 10.1. The van der Waals surface area contributed by atoms with Gasteiger partial charge in [-0.25, -0.2) is 21.6 Å². The van der Waals surface area contributed by atoms with Crippen molar-refractivity contribution in [1.82, 2.24) is 13.5 Å². The molecule has 5 heterocycles. The maximum atomic E-state index is 13.0. The molecular formula is C43H41Br2Cl2N5O10S2. The van der Waals surface area contributed by atoms with Crippen molar-refractivity contribution in [3.63, 3.8) is 0 Å². The first-order chi connectivity index (χ1) is 30.6. The van der Waals surface area contributed by atoms with E-state index in [1.54, 1.807) is 53.4 Å². The summed E-state index contributed by atoms with van der Waals surface area (Å²) in [5.74, 6) is -1.10. The van der Waals surface area contributed by atoms with Gasteiger partial charge in [-0.1, -0.05) is 41.4 Å². The lowest BCUT2D eigenvalue weighted by molar-refractivity contribution is 0.0284. The van der Waals surface area contributed by atoms with Gasteiger partial charge in [0.2, 0.25) is 25.8 Å². The van der Waals surface area contributed by atoms with E-state index in [0.29, 0.717) is 110 Å². The molecule has 338 valence electrons. The van der Waals surface area contributed by atoms with E-state index in [9.17, 15) is 26.4 Å². The quantitative estimate of drug-likeness (QED) is 0.141. The highest BCUT2D eigenvalue weighted by Crippen LogP contribution is 2.38. The number of carboxylic acid groups (broad SMARTS) is 1. The second-order valence-electron chi connectivity index (χ2n) is 15.2. The van der Waals surface area contributed by atoms with Gasteiger partial charge in [0.25, 0.3) is 5.91 Å². The highest BCUT2D eigenvalue weighted by atomic mass is 79.9. The number of anilines is 2. The Kier molecular flexibility index (Phi) is 14.0. The number of fused-ring (bicyclic) bond motifs is 2. The maximum Gasteiger partial charge on any atom is 0.371 e. The molecule has 0 radical (unpaired) electrons. The lowest BCUT2D eigenvalue weighted by Gasteiger charge is -2.36. The van der Waals surface area contributed by atoms with Crippen LogP contribution in [0.3, 0.4) is 0 Å². The number of nitrogens with zero attached hydrogens (tertiary/aromatic N) is 4. The molecule has 0 unspecified atom stereocenters. The highest BCUT2D eigenvalue weighted by Gasteiger charge is 2.32. The second kappa shape index (κ2) is 19.3. The number of benzene rings is 4. The first-order valence-corrected chi connectivity index (χ1v) is 25.4. The van der Waals surface area contributed by atoms with Gasteiger partial charge < -0.3 is 33.8 Å². The Labute approximate surface area is 396 Å². The smallest absolute Gasteiger partial charge is 0.371 e. The van der Waals surface area contributed by atoms with Gasteiger partial charge in [-0.15, -0.1) is 0 Å². The zero-order chi connectivity index (χ0) is 45.3. The second-order valence-corrected chi connectivity index (χ2v) is 21.5. The van der Waals surface area contributed by atoms with Crippen LogP contribution in [0.2, 0.25) is 10.0 Å². The first-order valence-electron chi connectivity index (χ1n) is 20.2. The molecular weight excluding hydrogens is 1040 g/mol. The molecule has 2 N–H and O–H groups in total. The minimum Gasteiger partial charge on any atom is -0.475 e. The van der Waals surface area contributed by atoms with Gasteiger partial charge in [-0.3, -0.25) is 4.79 Å². The van der Waals surface area contributed by atoms with Crippen LogP contribution in [0.4, 0.5) is 11.4 Å². The highest BCUT2D eigenvalue weighted by molar-refractivity contribution is 9.11. The Balaban J connectivity index is 0.000000176. The van der Waals surface area contributed by atoms with Crippen LogP contribution >= 0.6 is 55.1 Å². The van der Waals surface area contributed by atoms with E-state index < -0.39 is 26.0 Å². The Morgan fingerprint density at radius 3 is 1.98 bits per heavy atom. The zero-order valence-electron chi connectivity index (χ0n) is 33.9. The fraction of sp³-hybridized carbons (Fsp3) is 0.302. The summed E-state index contributed by atoms with van der Waals surface area (Å²) in [6.07, 6.45) is 1.27. The largest absolute Gasteiger partial charge is 0.475 e. The van der Waals surface area contributed by atoms with Crippen molar-refractivity contribution in [3.05, 3.63) is 115 Å². The van der Waals surface area contributed by atoms with Crippen molar-refractivity contribution < 1.29 is 45.1 Å². The number of aromatic carboxylic acids is 1. The molecule has 3 aliphatic heterocycles. The van der Waals surface area contributed by atoms with Crippen LogP contribution in [-0.4, -0.2) is 119 Å². The number of furan rings is 2. The average Bonchev–Trinajstić information content (AvgIpc) is 3.95. The van der Waals surface area contributed by atoms with Crippen LogP contribution in [0.5, 0.6) is 0 Å². The van der Waals surface area contributed by atoms with Crippen molar-refractivity contribution in [3.8, 4) is 0 Å². The molecule has 9 rings (SSSR count). The predicted molar refractivity (Wildman–Crippen MR) is 251 cm³/mol. The molecule has 0 saturated carbocycles. The minimum atomic E-state index is -3.66. The van der Waals surface area contributed by atoms with Crippen LogP contribution in [-0.2, 0) is 24.8 Å². The van der Waals surface area contributed by atoms with Crippen LogP contribution in [0.25, 0.3) is 21.9 Å². The summed E-state index contributed by atoms with van der Waals surface area (Å²) in [6.45, 7) is 4.64. The molecule has 0 bridgehead atoms. The van der Waals surface area contributed by atoms with E-state index in [0.717, 1.165) is 21.2 Å². The van der Waals surface area contributed by atoms with E-state index in [1.165, 1.54) is 26.8 Å². The number of piperazine rings is 1. The van der Waals surface area contributed by atoms with E-state index in [4.69, 9.17) is 41.9 Å². The van der Waals surface area contributed by atoms with Crippen LogP contribution in [0, 0.1) is 0 Å². The summed E-state index contributed by atoms with van der Waals surface area (Å²) >= 11 is 19.3. The standard InChI is InChI=1S/C23H23BrClN3O5S.C20H18BrClN2O5S/c24-22-16-15-20(23(29)27-11-13-32-14-12-27)33-19(16)6-5-18(22)26-7-9-28(10-8-26)34(30,31)21-4-2-1-3-17(21)25;21-19-15-11-18(20(25)26)29-17(15)5-4-16(19)23-13-6-8-24(9-7-13)30(27,28)14-3-1-2-12(22)10-14/h1-6,15H,7-14H2;1-5,10-11,13,23H,6-9H2,(H,25,26). The number of rotatable bonds is 9. The van der Waals surface area contributed by atoms with Crippen LogP contribution < -0.4 is 10.2 Å². The van der Waals surface area contributed by atoms with E-state index in [-0.39, 0.29) is 32.5 Å². The molecule has 0 aliphatic carbocycles. The lowest BCUT2D eigenvalue weighted by Crippen LogP contribution is -2.48. The van der Waals surface area contributed by atoms with E-state index >= 15 is 0 Å². The van der Waals surface area contributed by atoms with Gasteiger partial charge in [0.05, 0.1) is 37.8 Å². The maximum absolute atomic E-state index is 13.0. The van der Waals surface area contributed by atoms with E-state index in [1.807, 2.05) is 18.2 Å². The third-order valence-corrected chi connectivity index (χ3v) is 17.5. The van der Waals surface area contributed by atoms with Crippen LogP contribution in [0.1, 0.15) is 34.0 Å². The van der Waals surface area contributed by atoms with Gasteiger partial charge in [0.15, 0.2) is 5.76 Å². The SMILES string of the molecule is O=C(O)c1cc2c(Br)c(NC3CCN(S(=O)(=O)c4cccc(Cl)c4)CC3)ccc2o1.O=C(c1cc2c(Br)c(N3CCN(S(=O)(=O)c4ccccc4Cl)CC3)ccc2o1)N1CCOCC1. The number of hydrogen-bond donors (Lipinski definition) is 2. The Hall–Kier alpha value is -4.18. The number of carbonyl (C=O) groups is 2. The molecule has 3 fully saturated rings. The number of morpholine rings is 1. The van der Waals surface area contributed by atoms with Crippen LogP contribution in [0.15, 0.2) is 112 Å². The van der Waals surface area contributed by atoms with E-state index in [2.05, 4.69) is 42.1 Å². The van der Waals surface area contributed by atoms with Gasteiger partial charge in [0.1, 0.15) is 16.1 Å². The molecule has 64 heavy (non-hydrogen) atoms. The summed E-state index contributed by atoms with van der Waals surface area (Å²) in [4.78, 5) is 28.1. The van der Waals surface area contributed by atoms with Crippen molar-refractivity contribution in [2.75, 3.05) is 75.8 Å². The number of halogens is 4. The average molecular weight is 1080 g/mol. The number of hydrogen-bond acceptors (Lipinski definition) is 11. The normalized spacial score (nSPS) is 17.1. The Morgan fingerprint density at radius 2 is 1.31 bits per heavy atom. The fourth-order valence-electron chi connectivity index (χ4n) is 7.83.